The molecule has 2 aliphatic carbocycles. The lowest BCUT2D eigenvalue weighted by Crippen LogP contribution is -2.58. The Balaban J connectivity index is 2.31. The van der Waals surface area contributed by atoms with Gasteiger partial charge >= 0.3 is 23.9 Å². The predicted octanol–water partition coefficient (Wildman–Crippen LogP) is 3.11. The van der Waals surface area contributed by atoms with Crippen molar-refractivity contribution in [1.29, 1.82) is 0 Å². The van der Waals surface area contributed by atoms with E-state index < -0.39 is 89.0 Å². The molecule has 0 radical (unpaired) electrons. The molecule has 2 N–H and O–H groups in total. The molecule has 1 saturated carbocycles. The standard InChI is InChI=1S/C33H42O11/c1-17-14-15-32(7,8)30(38)28(43-22(6)36)27(42-21(5)35)19(3)26(41-20(4)34)24-25(18(2)16-33(24,40)29(17)37)44-31(39)23-12-10-9-11-13-23/h9-15,17-18,24-29,37,40H,3,16H2,1-2,4-8H3/b15-14+/t17-,18+,24-,25+,26-,27+,28-,29-,33-/m1/s1. The summed E-state index contributed by atoms with van der Waals surface area (Å²) in [4.78, 5) is 64.4. The van der Waals surface area contributed by atoms with Crippen molar-refractivity contribution in [3.63, 3.8) is 0 Å². The third-order valence-electron chi connectivity index (χ3n) is 8.32. The Kier molecular flexibility index (Phi) is 10.6. The number of ketones is 1. The predicted molar refractivity (Wildman–Crippen MR) is 157 cm³/mol. The van der Waals surface area contributed by atoms with Crippen molar-refractivity contribution in [2.24, 2.45) is 23.2 Å². The quantitative estimate of drug-likeness (QED) is 0.285. The van der Waals surface area contributed by atoms with E-state index >= 15 is 0 Å². The second-order valence-electron chi connectivity index (χ2n) is 12.3. The highest BCUT2D eigenvalue weighted by atomic mass is 16.6. The maximum absolute atomic E-state index is 13.9. The summed E-state index contributed by atoms with van der Waals surface area (Å²) in [7, 11) is 0. The molecule has 0 bridgehead atoms. The number of carbonyl (C=O) groups excluding carboxylic acids is 5. The lowest BCUT2D eigenvalue weighted by molar-refractivity contribution is -0.179. The average Bonchev–Trinajstić information content (AvgIpc) is 3.20. The molecule has 0 heterocycles. The van der Waals surface area contributed by atoms with Crippen LogP contribution in [0.2, 0.25) is 0 Å². The maximum Gasteiger partial charge on any atom is 0.338 e. The van der Waals surface area contributed by atoms with Crippen molar-refractivity contribution in [3.8, 4) is 0 Å². The SMILES string of the molecule is C=C1[C@@H](OC(C)=O)[C@H]2[C@@H](OC(=O)c3ccccc3)[C@@H](C)C[C@]2(O)[C@H](O)[C@H](C)/C=C/C(C)(C)C(=O)[C@H](OC(C)=O)[C@H]1OC(C)=O. The van der Waals surface area contributed by atoms with Crippen LogP contribution >= 0.6 is 0 Å². The first kappa shape index (κ1) is 34.7. The van der Waals surface area contributed by atoms with Gasteiger partial charge in [0.05, 0.1) is 17.6 Å². The van der Waals surface area contributed by atoms with Gasteiger partial charge in [0.25, 0.3) is 0 Å². The lowest BCUT2D eigenvalue weighted by Gasteiger charge is -2.44. The van der Waals surface area contributed by atoms with Gasteiger partial charge in [-0.25, -0.2) is 4.79 Å². The van der Waals surface area contributed by atoms with E-state index in [1.165, 1.54) is 6.08 Å². The number of carbonyl (C=O) groups is 5. The van der Waals surface area contributed by atoms with E-state index in [-0.39, 0.29) is 17.6 Å². The molecule has 0 saturated heterocycles. The topological polar surface area (TPSA) is 163 Å². The Morgan fingerprint density at radius 3 is 1.93 bits per heavy atom. The van der Waals surface area contributed by atoms with Crippen LogP contribution in [-0.2, 0) is 38.1 Å². The van der Waals surface area contributed by atoms with Gasteiger partial charge in [-0.2, -0.15) is 0 Å². The van der Waals surface area contributed by atoms with E-state index in [0.717, 1.165) is 20.8 Å². The summed E-state index contributed by atoms with van der Waals surface area (Å²) >= 11 is 0. The molecule has 0 unspecified atom stereocenters. The van der Waals surface area contributed by atoms with E-state index in [1.807, 2.05) is 0 Å². The lowest BCUT2D eigenvalue weighted by atomic mass is 9.72. The fraction of sp³-hybridized carbons (Fsp3) is 0.545. The molecule has 1 aromatic rings. The van der Waals surface area contributed by atoms with E-state index in [4.69, 9.17) is 18.9 Å². The largest absolute Gasteiger partial charge is 0.458 e. The zero-order valence-corrected chi connectivity index (χ0v) is 26.1. The Bertz CT molecular complexity index is 1320. The summed E-state index contributed by atoms with van der Waals surface area (Å²) in [6.07, 6.45) is -4.66. The van der Waals surface area contributed by atoms with Gasteiger partial charge in [0, 0.05) is 37.7 Å². The summed E-state index contributed by atoms with van der Waals surface area (Å²) in [5, 5.41) is 24.0. The van der Waals surface area contributed by atoms with Crippen LogP contribution in [0.3, 0.4) is 0 Å². The first-order valence-electron chi connectivity index (χ1n) is 14.5. The molecule has 0 spiro atoms. The number of hydrogen-bond acceptors (Lipinski definition) is 11. The van der Waals surface area contributed by atoms with Gasteiger partial charge in [0.2, 0.25) is 6.10 Å². The zero-order valence-electron chi connectivity index (χ0n) is 26.1. The fourth-order valence-electron chi connectivity index (χ4n) is 6.18. The number of esters is 4. The van der Waals surface area contributed by atoms with Gasteiger partial charge in [0.1, 0.15) is 17.8 Å². The normalized spacial score (nSPS) is 34.4. The Morgan fingerprint density at radius 1 is 0.864 bits per heavy atom. The number of rotatable bonds is 5. The van der Waals surface area contributed by atoms with Crippen molar-refractivity contribution >= 4 is 29.7 Å². The molecule has 1 aromatic carbocycles. The molecule has 1 fully saturated rings. The van der Waals surface area contributed by atoms with Gasteiger partial charge in [-0.1, -0.05) is 50.8 Å². The number of allylic oxidation sites excluding steroid dienone is 1. The first-order valence-corrected chi connectivity index (χ1v) is 14.5. The third kappa shape index (κ3) is 7.27. The number of fused-ring (bicyclic) bond motifs is 1. The molecular formula is C33H42O11. The molecule has 2 aliphatic rings. The van der Waals surface area contributed by atoms with Gasteiger partial charge < -0.3 is 29.2 Å². The Morgan fingerprint density at radius 2 is 1.39 bits per heavy atom. The second-order valence-corrected chi connectivity index (χ2v) is 12.3. The molecule has 9 atom stereocenters. The van der Waals surface area contributed by atoms with E-state index in [9.17, 15) is 34.2 Å². The van der Waals surface area contributed by atoms with Crippen molar-refractivity contribution in [2.45, 2.75) is 91.0 Å². The van der Waals surface area contributed by atoms with Crippen LogP contribution in [-0.4, -0.2) is 76.0 Å². The highest BCUT2D eigenvalue weighted by molar-refractivity contribution is 5.93. The molecule has 3 rings (SSSR count). The molecule has 0 aromatic heterocycles. The second kappa shape index (κ2) is 13.4. The summed E-state index contributed by atoms with van der Waals surface area (Å²) in [5.41, 5.74) is -3.35. The highest BCUT2D eigenvalue weighted by Gasteiger charge is 2.62. The number of Topliss-reactive ketones (excluding diaryl/α,β-unsaturated/α-hetero) is 1. The number of hydrogen-bond donors (Lipinski definition) is 2. The van der Waals surface area contributed by atoms with E-state index in [1.54, 1.807) is 64.1 Å². The minimum absolute atomic E-state index is 0.0806. The van der Waals surface area contributed by atoms with Crippen LogP contribution in [0, 0.1) is 23.2 Å². The molecule has 0 aliphatic heterocycles. The van der Waals surface area contributed by atoms with Crippen LogP contribution in [0.15, 0.2) is 54.6 Å². The van der Waals surface area contributed by atoms with Gasteiger partial charge in [-0.05, 0) is 38.3 Å². The average molecular weight is 615 g/mol. The molecule has 240 valence electrons. The van der Waals surface area contributed by atoms with E-state index in [0.29, 0.717) is 0 Å². The Hall–Kier alpha value is -3.83. The van der Waals surface area contributed by atoms with Crippen molar-refractivity contribution < 1.29 is 53.1 Å². The summed E-state index contributed by atoms with van der Waals surface area (Å²) in [6, 6.07) is 8.13. The molecule has 11 heteroatoms. The van der Waals surface area contributed by atoms with E-state index in [2.05, 4.69) is 6.58 Å². The van der Waals surface area contributed by atoms with Crippen molar-refractivity contribution in [3.05, 3.63) is 60.2 Å². The van der Waals surface area contributed by atoms with Crippen LogP contribution in [0.25, 0.3) is 0 Å². The Labute approximate surface area is 257 Å². The van der Waals surface area contributed by atoms with Crippen LogP contribution in [0.4, 0.5) is 0 Å². The maximum atomic E-state index is 13.9. The van der Waals surface area contributed by atoms with Gasteiger partial charge in [-0.15, -0.1) is 0 Å². The smallest absolute Gasteiger partial charge is 0.338 e. The number of benzene rings is 1. The zero-order chi connectivity index (χ0) is 33.1. The van der Waals surface area contributed by atoms with Crippen LogP contribution < -0.4 is 0 Å². The minimum atomic E-state index is -2.04. The summed E-state index contributed by atoms with van der Waals surface area (Å²) in [6.45, 7) is 13.8. The highest BCUT2D eigenvalue weighted by Crippen LogP contribution is 2.50. The first-order chi connectivity index (χ1) is 20.4. The third-order valence-corrected chi connectivity index (χ3v) is 8.32. The van der Waals surface area contributed by atoms with Crippen LogP contribution in [0.5, 0.6) is 0 Å². The summed E-state index contributed by atoms with van der Waals surface area (Å²) < 4.78 is 22.7. The van der Waals surface area contributed by atoms with Gasteiger partial charge in [-0.3, -0.25) is 19.2 Å². The molecule has 44 heavy (non-hydrogen) atoms. The summed E-state index contributed by atoms with van der Waals surface area (Å²) in [5.74, 6) is -6.63. The molecular weight excluding hydrogens is 572 g/mol. The fourth-order valence-corrected chi connectivity index (χ4v) is 6.18. The molecule has 0 amide bonds. The van der Waals surface area contributed by atoms with Crippen molar-refractivity contribution in [1.82, 2.24) is 0 Å². The molecule has 11 nitrogen and oxygen atoms in total. The minimum Gasteiger partial charge on any atom is -0.458 e. The number of aliphatic hydroxyl groups excluding tert-OH is 1. The number of ether oxygens (including phenoxy) is 4. The van der Waals surface area contributed by atoms with Gasteiger partial charge in [0.15, 0.2) is 11.9 Å². The number of aliphatic hydroxyl groups is 2. The monoisotopic (exact) mass is 614 g/mol. The van der Waals surface area contributed by atoms with Crippen molar-refractivity contribution in [2.75, 3.05) is 0 Å². The van der Waals surface area contributed by atoms with Crippen LogP contribution in [0.1, 0.15) is 65.2 Å².